The van der Waals surface area contributed by atoms with Crippen molar-refractivity contribution in [1.29, 1.82) is 0 Å². The quantitative estimate of drug-likeness (QED) is 0.568. The molecule has 1 saturated carbocycles. The van der Waals surface area contributed by atoms with Gasteiger partial charge in [-0.05, 0) is 56.0 Å². The Morgan fingerprint density at radius 2 is 1.80 bits per heavy atom. The van der Waals surface area contributed by atoms with Crippen LogP contribution in [0.3, 0.4) is 0 Å². The summed E-state index contributed by atoms with van der Waals surface area (Å²) < 4.78 is 11.3. The molecule has 0 aromatic heterocycles. The third kappa shape index (κ3) is 4.39. The minimum atomic E-state index is -0.354. The number of benzene rings is 2. The van der Waals surface area contributed by atoms with Crippen LogP contribution in [-0.4, -0.2) is 12.1 Å². The highest BCUT2D eigenvalue weighted by Crippen LogP contribution is 2.29. The second kappa shape index (κ2) is 7.98. The normalized spacial score (nSPS) is 14.5. The second-order valence-electron chi connectivity index (χ2n) is 6.05. The van der Waals surface area contributed by atoms with Gasteiger partial charge in [0.05, 0.1) is 11.3 Å². The lowest BCUT2D eigenvalue weighted by molar-refractivity contribution is 0.0317. The molecule has 0 radical (unpaired) electrons. The van der Waals surface area contributed by atoms with E-state index in [-0.39, 0.29) is 18.7 Å². The maximum Gasteiger partial charge on any atom is 0.338 e. The second-order valence-corrected chi connectivity index (χ2v) is 6.87. The van der Waals surface area contributed by atoms with Gasteiger partial charge in [0.15, 0.2) is 0 Å². The Bertz CT molecular complexity index is 753. The minimum absolute atomic E-state index is 0.0105. The number of hydrogen-bond acceptors (Lipinski definition) is 4. The topological polar surface area (TPSA) is 61.6 Å². The Kier molecular flexibility index (Phi) is 5.71. The lowest BCUT2D eigenvalue weighted by Gasteiger charge is -2.14. The van der Waals surface area contributed by atoms with Crippen molar-refractivity contribution in [1.82, 2.24) is 0 Å². The zero-order valence-corrected chi connectivity index (χ0v) is 15.1. The van der Waals surface area contributed by atoms with E-state index in [1.165, 1.54) is 0 Å². The molecular formula is C19H19Cl2NO3. The molecule has 132 valence electrons. The van der Waals surface area contributed by atoms with E-state index in [1.54, 1.807) is 36.4 Å². The van der Waals surface area contributed by atoms with Crippen molar-refractivity contribution >= 4 is 34.9 Å². The van der Waals surface area contributed by atoms with Gasteiger partial charge in [0, 0.05) is 15.6 Å². The van der Waals surface area contributed by atoms with Gasteiger partial charge in [-0.3, -0.25) is 0 Å². The summed E-state index contributed by atoms with van der Waals surface area (Å²) in [6.45, 7) is 0.157. The van der Waals surface area contributed by atoms with Crippen LogP contribution in [0.4, 0.5) is 5.69 Å². The van der Waals surface area contributed by atoms with E-state index in [0.29, 0.717) is 32.6 Å². The minimum Gasteiger partial charge on any atom is -0.487 e. The smallest absolute Gasteiger partial charge is 0.338 e. The Morgan fingerprint density at radius 1 is 1.12 bits per heavy atom. The van der Waals surface area contributed by atoms with Gasteiger partial charge in [-0.15, -0.1) is 0 Å². The molecule has 1 aliphatic carbocycles. The summed E-state index contributed by atoms with van der Waals surface area (Å²) in [5, 5.41) is 1.03. The number of nitrogen functional groups attached to an aromatic ring is 1. The summed E-state index contributed by atoms with van der Waals surface area (Å²) in [5.41, 5.74) is 7.47. The summed E-state index contributed by atoms with van der Waals surface area (Å²) in [4.78, 5) is 12.3. The van der Waals surface area contributed by atoms with Crippen LogP contribution in [0, 0.1) is 0 Å². The van der Waals surface area contributed by atoms with Crippen molar-refractivity contribution in [2.24, 2.45) is 0 Å². The molecule has 25 heavy (non-hydrogen) atoms. The van der Waals surface area contributed by atoms with Crippen LogP contribution in [0.2, 0.25) is 10.0 Å². The largest absolute Gasteiger partial charge is 0.487 e. The first kappa shape index (κ1) is 17.9. The van der Waals surface area contributed by atoms with Crippen LogP contribution >= 0.6 is 23.2 Å². The van der Waals surface area contributed by atoms with E-state index in [2.05, 4.69) is 0 Å². The number of anilines is 1. The molecule has 0 spiro atoms. The van der Waals surface area contributed by atoms with Gasteiger partial charge < -0.3 is 15.2 Å². The molecule has 4 nitrogen and oxygen atoms in total. The first-order valence-corrected chi connectivity index (χ1v) is 8.96. The number of ether oxygens (including phenoxy) is 2. The van der Waals surface area contributed by atoms with Gasteiger partial charge in [-0.2, -0.15) is 0 Å². The fraction of sp³-hybridized carbons (Fsp3) is 0.316. The van der Waals surface area contributed by atoms with E-state index >= 15 is 0 Å². The van der Waals surface area contributed by atoms with Gasteiger partial charge in [-0.1, -0.05) is 29.3 Å². The first-order valence-electron chi connectivity index (χ1n) is 8.21. The summed E-state index contributed by atoms with van der Waals surface area (Å²) in [6, 6.07) is 10.1. The van der Waals surface area contributed by atoms with Crippen LogP contribution in [0.15, 0.2) is 36.4 Å². The molecule has 1 aliphatic rings. The Balaban J connectivity index is 1.72. The molecule has 0 atom stereocenters. The Labute approximate surface area is 156 Å². The van der Waals surface area contributed by atoms with Crippen molar-refractivity contribution in [2.45, 2.75) is 38.4 Å². The van der Waals surface area contributed by atoms with Gasteiger partial charge in [0.25, 0.3) is 0 Å². The van der Waals surface area contributed by atoms with Crippen LogP contribution in [0.1, 0.15) is 41.6 Å². The first-order chi connectivity index (χ1) is 12.0. The molecule has 2 N–H and O–H groups in total. The summed E-state index contributed by atoms with van der Waals surface area (Å²) in [7, 11) is 0. The number of carbonyl (C=O) groups is 1. The van der Waals surface area contributed by atoms with Crippen molar-refractivity contribution in [2.75, 3.05) is 5.73 Å². The van der Waals surface area contributed by atoms with Crippen molar-refractivity contribution in [3.8, 4) is 5.75 Å². The highest BCUT2D eigenvalue weighted by atomic mass is 35.5. The predicted octanol–water partition coefficient (Wildman–Crippen LogP) is 5.25. The lowest BCUT2D eigenvalue weighted by atomic mass is 10.2. The monoisotopic (exact) mass is 379 g/mol. The molecule has 0 amide bonds. The molecule has 0 aliphatic heterocycles. The summed E-state index contributed by atoms with van der Waals surface area (Å²) in [6.07, 6.45) is 4.07. The number of halogens is 2. The highest BCUT2D eigenvalue weighted by molar-refractivity contribution is 6.35. The maximum absolute atomic E-state index is 12.3. The van der Waals surface area contributed by atoms with Crippen LogP contribution in [0.5, 0.6) is 5.75 Å². The van der Waals surface area contributed by atoms with Crippen LogP contribution < -0.4 is 10.5 Å². The predicted molar refractivity (Wildman–Crippen MR) is 99.3 cm³/mol. The molecule has 0 saturated heterocycles. The SMILES string of the molecule is Nc1ccc(C(=O)OC2CCCC2)cc1OCc1c(Cl)cccc1Cl. The molecule has 2 aromatic rings. The molecule has 1 fully saturated rings. The molecular weight excluding hydrogens is 361 g/mol. The summed E-state index contributed by atoms with van der Waals surface area (Å²) in [5.74, 6) is 0.0457. The zero-order chi connectivity index (χ0) is 17.8. The molecule has 2 aromatic carbocycles. The number of nitrogens with two attached hydrogens (primary N) is 1. The molecule has 3 rings (SSSR count). The van der Waals surface area contributed by atoms with Gasteiger partial charge >= 0.3 is 5.97 Å². The Morgan fingerprint density at radius 3 is 2.48 bits per heavy atom. The third-order valence-corrected chi connectivity index (χ3v) is 4.97. The standard InChI is InChI=1S/C19H19Cl2NO3/c20-15-6-3-7-16(21)14(15)11-24-18-10-12(8-9-17(18)22)19(23)25-13-4-1-2-5-13/h3,6-10,13H,1-2,4-5,11,22H2. The zero-order valence-electron chi connectivity index (χ0n) is 13.6. The van der Waals surface area contributed by atoms with Gasteiger partial charge in [-0.25, -0.2) is 4.79 Å². The van der Waals surface area contributed by atoms with E-state index in [0.717, 1.165) is 25.7 Å². The van der Waals surface area contributed by atoms with Gasteiger partial charge in [0.1, 0.15) is 18.5 Å². The molecule has 6 heteroatoms. The van der Waals surface area contributed by atoms with E-state index in [9.17, 15) is 4.79 Å². The average Bonchev–Trinajstić information content (AvgIpc) is 3.08. The van der Waals surface area contributed by atoms with Crippen LogP contribution in [-0.2, 0) is 11.3 Å². The molecule has 0 bridgehead atoms. The van der Waals surface area contributed by atoms with Crippen LogP contribution in [0.25, 0.3) is 0 Å². The van der Waals surface area contributed by atoms with Crippen molar-refractivity contribution in [3.63, 3.8) is 0 Å². The van der Waals surface area contributed by atoms with Gasteiger partial charge in [0.2, 0.25) is 0 Å². The van der Waals surface area contributed by atoms with Crippen molar-refractivity contribution < 1.29 is 14.3 Å². The fourth-order valence-corrected chi connectivity index (χ4v) is 3.34. The number of carbonyl (C=O) groups excluding carboxylic acids is 1. The van der Waals surface area contributed by atoms with Crippen molar-refractivity contribution in [3.05, 3.63) is 57.6 Å². The Hall–Kier alpha value is -1.91. The number of esters is 1. The third-order valence-electron chi connectivity index (χ3n) is 4.26. The maximum atomic E-state index is 12.3. The highest BCUT2D eigenvalue weighted by Gasteiger charge is 2.21. The molecule has 0 heterocycles. The lowest BCUT2D eigenvalue weighted by Crippen LogP contribution is -2.15. The number of hydrogen-bond donors (Lipinski definition) is 1. The van der Waals surface area contributed by atoms with E-state index in [1.807, 2.05) is 0 Å². The fourth-order valence-electron chi connectivity index (χ4n) is 2.83. The van der Waals surface area contributed by atoms with E-state index < -0.39 is 0 Å². The van der Waals surface area contributed by atoms with E-state index in [4.69, 9.17) is 38.4 Å². The number of rotatable bonds is 5. The average molecular weight is 380 g/mol. The summed E-state index contributed by atoms with van der Waals surface area (Å²) >= 11 is 12.3. The molecule has 0 unspecified atom stereocenters.